The highest BCUT2D eigenvalue weighted by atomic mass is 79.9. The van der Waals surface area contributed by atoms with E-state index in [1.54, 1.807) is 11.3 Å². The third-order valence-corrected chi connectivity index (χ3v) is 5.91. The normalized spacial score (nSPS) is 13.0. The number of imidazole rings is 1. The van der Waals surface area contributed by atoms with Gasteiger partial charge >= 0.3 is 0 Å². The summed E-state index contributed by atoms with van der Waals surface area (Å²) in [6.07, 6.45) is 0.726. The number of thiophene rings is 1. The first-order chi connectivity index (χ1) is 10.1. The van der Waals surface area contributed by atoms with E-state index < -0.39 is 0 Å². The molecule has 2 aromatic heterocycles. The Bertz CT molecular complexity index is 780. The highest BCUT2D eigenvalue weighted by Crippen LogP contribution is 2.36. The monoisotopic (exact) mass is 428 g/mol. The van der Waals surface area contributed by atoms with E-state index in [2.05, 4.69) is 54.0 Å². The Kier molecular flexibility index (Phi) is 4.46. The van der Waals surface area contributed by atoms with Crippen molar-refractivity contribution in [2.45, 2.75) is 12.5 Å². The van der Waals surface area contributed by atoms with Crippen LogP contribution in [0.4, 0.5) is 0 Å². The fourth-order valence-corrected chi connectivity index (χ4v) is 5.38. The number of halogens is 2. The molecule has 0 aliphatic heterocycles. The molecule has 0 saturated heterocycles. The molecule has 4 nitrogen and oxygen atoms in total. The van der Waals surface area contributed by atoms with Crippen LogP contribution in [0, 0.1) is 0 Å². The molecule has 1 unspecified atom stereocenters. The summed E-state index contributed by atoms with van der Waals surface area (Å²) < 4.78 is 4.28. The van der Waals surface area contributed by atoms with Crippen LogP contribution in [-0.4, -0.2) is 9.55 Å². The molecule has 0 bridgehead atoms. The maximum atomic E-state index is 5.76. The van der Waals surface area contributed by atoms with Gasteiger partial charge in [-0.25, -0.2) is 4.98 Å². The molecule has 0 radical (unpaired) electrons. The average Bonchev–Trinajstić information content (AvgIpc) is 2.97. The summed E-state index contributed by atoms with van der Waals surface area (Å²) in [5.74, 6) is 6.76. The molecule has 0 amide bonds. The number of hydrogen-bond donors (Lipinski definition) is 2. The van der Waals surface area contributed by atoms with E-state index >= 15 is 0 Å². The second kappa shape index (κ2) is 6.18. The number of hydrazine groups is 1. The van der Waals surface area contributed by atoms with Crippen LogP contribution in [0.25, 0.3) is 11.0 Å². The molecule has 1 aromatic carbocycles. The number of para-hydroxylation sites is 2. The first-order valence-electron chi connectivity index (χ1n) is 6.41. The molecule has 110 valence electrons. The molecule has 0 aliphatic carbocycles. The Morgan fingerprint density at radius 2 is 2.14 bits per heavy atom. The summed E-state index contributed by atoms with van der Waals surface area (Å²) in [7, 11) is 2.04. The number of benzene rings is 1. The van der Waals surface area contributed by atoms with E-state index in [0.717, 1.165) is 36.4 Å². The molecule has 0 fully saturated rings. The van der Waals surface area contributed by atoms with Crippen LogP contribution in [0.15, 0.2) is 37.9 Å². The van der Waals surface area contributed by atoms with Crippen LogP contribution in [0.3, 0.4) is 0 Å². The van der Waals surface area contributed by atoms with Crippen LogP contribution in [0.1, 0.15) is 17.4 Å². The Balaban J connectivity index is 1.96. The van der Waals surface area contributed by atoms with Crippen molar-refractivity contribution in [1.82, 2.24) is 15.0 Å². The van der Waals surface area contributed by atoms with Crippen molar-refractivity contribution in [1.29, 1.82) is 0 Å². The topological polar surface area (TPSA) is 55.9 Å². The Hall–Kier alpha value is -0.730. The molecule has 1 atom stereocenters. The lowest BCUT2D eigenvalue weighted by Crippen LogP contribution is -2.30. The second-order valence-corrected chi connectivity index (χ2v) is 8.53. The van der Waals surface area contributed by atoms with Crippen LogP contribution in [-0.2, 0) is 13.5 Å². The molecule has 3 rings (SSSR count). The van der Waals surface area contributed by atoms with Crippen LogP contribution < -0.4 is 11.3 Å². The summed E-state index contributed by atoms with van der Waals surface area (Å²) in [5, 5.41) is 0. The quantitative estimate of drug-likeness (QED) is 0.488. The van der Waals surface area contributed by atoms with Gasteiger partial charge in [-0.2, -0.15) is 0 Å². The molecule has 21 heavy (non-hydrogen) atoms. The fourth-order valence-electron chi connectivity index (χ4n) is 2.41. The lowest BCUT2D eigenvalue weighted by molar-refractivity contribution is 0.531. The van der Waals surface area contributed by atoms with Gasteiger partial charge in [0.05, 0.1) is 24.6 Å². The summed E-state index contributed by atoms with van der Waals surface area (Å²) in [4.78, 5) is 4.71. The minimum absolute atomic E-state index is 0.0115. The standard InChI is InChI=1S/C14H14Br2N4S/c1-20-11-5-3-2-4-9(11)18-13(20)7-10(19-17)8-6-12(15)21-14(8)16/h2-6,10,19H,7,17H2,1H3. The Morgan fingerprint density at radius 1 is 1.38 bits per heavy atom. The first kappa shape index (κ1) is 15.2. The van der Waals surface area contributed by atoms with Crippen molar-refractivity contribution in [2.75, 3.05) is 0 Å². The smallest absolute Gasteiger partial charge is 0.111 e. The fraction of sp³-hybridized carbons (Fsp3) is 0.214. The molecule has 0 saturated carbocycles. The van der Waals surface area contributed by atoms with Gasteiger partial charge in [0.15, 0.2) is 0 Å². The number of nitrogens with one attached hydrogen (secondary N) is 1. The summed E-state index contributed by atoms with van der Waals surface area (Å²) in [6.45, 7) is 0. The summed E-state index contributed by atoms with van der Waals surface area (Å²) in [5.41, 5.74) is 6.18. The largest absolute Gasteiger partial charge is 0.331 e. The van der Waals surface area contributed by atoms with Gasteiger partial charge in [-0.3, -0.25) is 11.3 Å². The van der Waals surface area contributed by atoms with E-state index in [-0.39, 0.29) is 6.04 Å². The van der Waals surface area contributed by atoms with E-state index in [4.69, 9.17) is 10.8 Å². The van der Waals surface area contributed by atoms with Crippen molar-refractivity contribution < 1.29 is 0 Å². The maximum Gasteiger partial charge on any atom is 0.111 e. The van der Waals surface area contributed by atoms with Gasteiger partial charge in [0.25, 0.3) is 0 Å². The third-order valence-electron chi connectivity index (χ3n) is 3.53. The van der Waals surface area contributed by atoms with E-state index in [0.29, 0.717) is 0 Å². The summed E-state index contributed by atoms with van der Waals surface area (Å²) >= 11 is 8.74. The second-order valence-electron chi connectivity index (χ2n) is 4.78. The maximum absolute atomic E-state index is 5.76. The highest BCUT2D eigenvalue weighted by Gasteiger charge is 2.19. The predicted octanol–water partition coefficient (Wildman–Crippen LogP) is 3.91. The third kappa shape index (κ3) is 2.93. The van der Waals surface area contributed by atoms with Gasteiger partial charge in [-0.15, -0.1) is 11.3 Å². The van der Waals surface area contributed by atoms with Crippen molar-refractivity contribution in [3.8, 4) is 0 Å². The number of nitrogens with two attached hydrogens (primary N) is 1. The van der Waals surface area contributed by atoms with Crippen LogP contribution in [0.5, 0.6) is 0 Å². The number of rotatable bonds is 4. The van der Waals surface area contributed by atoms with Gasteiger partial charge in [0, 0.05) is 13.5 Å². The number of nitrogens with zero attached hydrogens (tertiary/aromatic N) is 2. The van der Waals surface area contributed by atoms with Crippen LogP contribution >= 0.6 is 43.2 Å². The van der Waals surface area contributed by atoms with E-state index in [1.807, 2.05) is 25.2 Å². The van der Waals surface area contributed by atoms with E-state index in [9.17, 15) is 0 Å². The van der Waals surface area contributed by atoms with Gasteiger partial charge in [-0.1, -0.05) is 12.1 Å². The summed E-state index contributed by atoms with van der Waals surface area (Å²) in [6, 6.07) is 10.2. The lowest BCUT2D eigenvalue weighted by Gasteiger charge is -2.15. The van der Waals surface area contributed by atoms with Gasteiger partial charge in [0.2, 0.25) is 0 Å². The molecular weight excluding hydrogens is 416 g/mol. The predicted molar refractivity (Wildman–Crippen MR) is 94.2 cm³/mol. The van der Waals surface area contributed by atoms with Crippen molar-refractivity contribution in [3.05, 3.63) is 49.3 Å². The Labute approximate surface area is 143 Å². The van der Waals surface area contributed by atoms with Crippen LogP contribution in [0.2, 0.25) is 0 Å². The SMILES string of the molecule is Cn1c(CC(NN)c2cc(Br)sc2Br)nc2ccccc21. The minimum Gasteiger partial charge on any atom is -0.331 e. The minimum atomic E-state index is 0.0115. The zero-order chi connectivity index (χ0) is 15.0. The molecule has 2 heterocycles. The number of fused-ring (bicyclic) bond motifs is 1. The highest BCUT2D eigenvalue weighted by molar-refractivity contribution is 9.12. The molecule has 3 N–H and O–H groups in total. The van der Waals surface area contributed by atoms with Gasteiger partial charge in [0.1, 0.15) is 5.82 Å². The van der Waals surface area contributed by atoms with Crippen molar-refractivity contribution in [2.24, 2.45) is 12.9 Å². The molecule has 0 spiro atoms. The molecule has 0 aliphatic rings. The molecule has 3 aromatic rings. The first-order valence-corrected chi connectivity index (χ1v) is 8.81. The average molecular weight is 430 g/mol. The van der Waals surface area contributed by atoms with Crippen molar-refractivity contribution >= 4 is 54.2 Å². The van der Waals surface area contributed by atoms with E-state index in [1.165, 1.54) is 0 Å². The number of aromatic nitrogens is 2. The van der Waals surface area contributed by atoms with Crippen molar-refractivity contribution in [3.63, 3.8) is 0 Å². The van der Waals surface area contributed by atoms with Gasteiger partial charge < -0.3 is 4.57 Å². The Morgan fingerprint density at radius 3 is 2.76 bits per heavy atom. The molecule has 7 heteroatoms. The molecular formula is C14H14Br2N4S. The van der Waals surface area contributed by atoms with Gasteiger partial charge in [-0.05, 0) is 55.6 Å². The zero-order valence-electron chi connectivity index (χ0n) is 11.3. The lowest BCUT2D eigenvalue weighted by atomic mass is 10.1. The zero-order valence-corrected chi connectivity index (χ0v) is 15.3. The number of aryl methyl sites for hydroxylation is 1. The number of hydrogen-bond acceptors (Lipinski definition) is 4.